The van der Waals surface area contributed by atoms with Crippen LogP contribution in [-0.2, 0) is 6.42 Å². The van der Waals surface area contributed by atoms with Gasteiger partial charge in [-0.25, -0.2) is 0 Å². The molecule has 21 heavy (non-hydrogen) atoms. The largest absolute Gasteiger partial charge is 0.264 e. The Balaban J connectivity index is 1.75. The van der Waals surface area contributed by atoms with Crippen LogP contribution in [0, 0.1) is 0 Å². The summed E-state index contributed by atoms with van der Waals surface area (Å²) < 4.78 is 0. The van der Waals surface area contributed by atoms with Gasteiger partial charge in [0.2, 0.25) is 0 Å². The first kappa shape index (κ1) is 13.6. The molecule has 0 spiro atoms. The van der Waals surface area contributed by atoms with E-state index in [9.17, 15) is 0 Å². The number of pyridine rings is 1. The summed E-state index contributed by atoms with van der Waals surface area (Å²) in [5.41, 5.74) is 5.20. The van der Waals surface area contributed by atoms with Gasteiger partial charge in [0.1, 0.15) is 0 Å². The van der Waals surface area contributed by atoms with Gasteiger partial charge in [0.15, 0.2) is 0 Å². The summed E-state index contributed by atoms with van der Waals surface area (Å²) in [6.45, 7) is 2.27. The second-order valence-electron chi connectivity index (χ2n) is 5.45. The molecule has 0 saturated carbocycles. The zero-order valence-electron chi connectivity index (χ0n) is 12.2. The van der Waals surface area contributed by atoms with E-state index < -0.39 is 0 Å². The molecule has 0 aliphatic rings. The van der Waals surface area contributed by atoms with E-state index in [1.54, 1.807) is 0 Å². The van der Waals surface area contributed by atoms with Crippen molar-refractivity contribution in [1.29, 1.82) is 0 Å². The molecular formula is C20H19N. The zero-order chi connectivity index (χ0) is 14.5. The molecule has 0 aliphatic heterocycles. The molecule has 1 atom stereocenters. The number of rotatable bonds is 4. The lowest BCUT2D eigenvalue weighted by Gasteiger charge is -2.12. The Hall–Kier alpha value is -2.41. The molecule has 0 fully saturated rings. The highest BCUT2D eigenvalue weighted by molar-refractivity contribution is 5.63. The van der Waals surface area contributed by atoms with Gasteiger partial charge in [0.25, 0.3) is 0 Å². The van der Waals surface area contributed by atoms with E-state index in [0.717, 1.165) is 6.42 Å². The Morgan fingerprint density at radius 3 is 2.19 bits per heavy atom. The Bertz CT molecular complexity index is 672. The Morgan fingerprint density at radius 2 is 1.52 bits per heavy atom. The smallest absolute Gasteiger partial charge is 0.0300 e. The SMILES string of the molecule is CC(Cc1cccnc1)c1ccc(-c2ccccc2)cc1. The van der Waals surface area contributed by atoms with E-state index in [-0.39, 0.29) is 0 Å². The fourth-order valence-corrected chi connectivity index (χ4v) is 2.62. The number of hydrogen-bond donors (Lipinski definition) is 0. The highest BCUT2D eigenvalue weighted by Gasteiger charge is 2.07. The Kier molecular flexibility index (Phi) is 4.11. The quantitative estimate of drug-likeness (QED) is 0.645. The highest BCUT2D eigenvalue weighted by Crippen LogP contribution is 2.24. The number of nitrogens with zero attached hydrogens (tertiary/aromatic N) is 1. The molecule has 1 nitrogen and oxygen atoms in total. The van der Waals surface area contributed by atoms with Crippen molar-refractivity contribution in [2.75, 3.05) is 0 Å². The fraction of sp³-hybridized carbons (Fsp3) is 0.150. The molecule has 3 rings (SSSR count). The summed E-state index contributed by atoms with van der Waals surface area (Å²) >= 11 is 0. The van der Waals surface area contributed by atoms with Crippen LogP contribution in [0.3, 0.4) is 0 Å². The van der Waals surface area contributed by atoms with Crippen LogP contribution in [0.5, 0.6) is 0 Å². The minimum absolute atomic E-state index is 0.499. The van der Waals surface area contributed by atoms with Crippen LogP contribution in [0.2, 0.25) is 0 Å². The van der Waals surface area contributed by atoms with Gasteiger partial charge in [-0.3, -0.25) is 4.98 Å². The van der Waals surface area contributed by atoms with Crippen molar-refractivity contribution in [1.82, 2.24) is 4.98 Å². The van der Waals surface area contributed by atoms with Crippen molar-refractivity contribution >= 4 is 0 Å². The van der Waals surface area contributed by atoms with Crippen molar-refractivity contribution in [2.45, 2.75) is 19.3 Å². The number of benzene rings is 2. The van der Waals surface area contributed by atoms with Gasteiger partial charge in [0.05, 0.1) is 0 Å². The van der Waals surface area contributed by atoms with Crippen LogP contribution in [-0.4, -0.2) is 4.98 Å². The fourth-order valence-electron chi connectivity index (χ4n) is 2.62. The van der Waals surface area contributed by atoms with Crippen molar-refractivity contribution in [2.24, 2.45) is 0 Å². The lowest BCUT2D eigenvalue weighted by molar-refractivity contribution is 0.756. The summed E-state index contributed by atoms with van der Waals surface area (Å²) in [5.74, 6) is 0.499. The molecule has 0 bridgehead atoms. The van der Waals surface area contributed by atoms with Gasteiger partial charge in [-0.2, -0.15) is 0 Å². The maximum Gasteiger partial charge on any atom is 0.0300 e. The second-order valence-corrected chi connectivity index (χ2v) is 5.45. The molecular weight excluding hydrogens is 254 g/mol. The monoisotopic (exact) mass is 273 g/mol. The van der Waals surface area contributed by atoms with E-state index in [1.165, 1.54) is 22.3 Å². The maximum atomic E-state index is 4.19. The molecule has 2 aromatic carbocycles. The van der Waals surface area contributed by atoms with Gasteiger partial charge >= 0.3 is 0 Å². The first-order chi connectivity index (χ1) is 10.3. The molecule has 3 aromatic rings. The lowest BCUT2D eigenvalue weighted by atomic mass is 9.93. The summed E-state index contributed by atoms with van der Waals surface area (Å²) in [7, 11) is 0. The average molecular weight is 273 g/mol. The van der Waals surface area contributed by atoms with Crippen LogP contribution in [0.4, 0.5) is 0 Å². The number of hydrogen-bond acceptors (Lipinski definition) is 1. The predicted molar refractivity (Wildman–Crippen MR) is 88.2 cm³/mol. The van der Waals surface area contributed by atoms with Crippen LogP contribution in [0.15, 0.2) is 79.1 Å². The molecule has 0 saturated heterocycles. The van der Waals surface area contributed by atoms with Gasteiger partial charge in [-0.05, 0) is 40.7 Å². The van der Waals surface area contributed by atoms with Crippen molar-refractivity contribution < 1.29 is 0 Å². The molecule has 1 heterocycles. The average Bonchev–Trinajstić information content (AvgIpc) is 2.57. The molecule has 1 unspecified atom stereocenters. The zero-order valence-corrected chi connectivity index (χ0v) is 12.2. The van der Waals surface area contributed by atoms with Crippen LogP contribution in [0.1, 0.15) is 24.0 Å². The van der Waals surface area contributed by atoms with Crippen molar-refractivity contribution in [3.8, 4) is 11.1 Å². The summed E-state index contributed by atoms with van der Waals surface area (Å²) in [4.78, 5) is 4.19. The molecule has 1 aromatic heterocycles. The summed E-state index contributed by atoms with van der Waals surface area (Å²) in [5, 5.41) is 0. The lowest BCUT2D eigenvalue weighted by Crippen LogP contribution is -1.98. The first-order valence-electron chi connectivity index (χ1n) is 7.37. The maximum absolute atomic E-state index is 4.19. The van der Waals surface area contributed by atoms with E-state index in [0.29, 0.717) is 5.92 Å². The molecule has 1 heteroatoms. The molecule has 0 aliphatic carbocycles. The molecule has 0 N–H and O–H groups in total. The van der Waals surface area contributed by atoms with Crippen LogP contribution in [0.25, 0.3) is 11.1 Å². The third-order valence-corrected chi connectivity index (χ3v) is 3.85. The molecule has 104 valence electrons. The van der Waals surface area contributed by atoms with Gasteiger partial charge < -0.3 is 0 Å². The van der Waals surface area contributed by atoms with E-state index >= 15 is 0 Å². The summed E-state index contributed by atoms with van der Waals surface area (Å²) in [6.07, 6.45) is 4.80. The van der Waals surface area contributed by atoms with E-state index in [4.69, 9.17) is 0 Å². The van der Waals surface area contributed by atoms with Gasteiger partial charge in [-0.1, -0.05) is 67.6 Å². The van der Waals surface area contributed by atoms with Crippen molar-refractivity contribution in [3.63, 3.8) is 0 Å². The highest BCUT2D eigenvalue weighted by atomic mass is 14.6. The third kappa shape index (κ3) is 3.38. The van der Waals surface area contributed by atoms with Crippen molar-refractivity contribution in [3.05, 3.63) is 90.3 Å². The summed E-state index contributed by atoms with van der Waals surface area (Å²) in [6, 6.07) is 23.5. The molecule has 0 radical (unpaired) electrons. The second kappa shape index (κ2) is 6.36. The van der Waals surface area contributed by atoms with Crippen LogP contribution < -0.4 is 0 Å². The van der Waals surface area contributed by atoms with E-state index in [1.807, 2.05) is 24.5 Å². The Labute approximate surface area is 126 Å². The van der Waals surface area contributed by atoms with Gasteiger partial charge in [0, 0.05) is 12.4 Å². The normalized spacial score (nSPS) is 12.0. The topological polar surface area (TPSA) is 12.9 Å². The van der Waals surface area contributed by atoms with Gasteiger partial charge in [-0.15, -0.1) is 0 Å². The third-order valence-electron chi connectivity index (χ3n) is 3.85. The number of aromatic nitrogens is 1. The van der Waals surface area contributed by atoms with Crippen LogP contribution >= 0.6 is 0 Å². The predicted octanol–water partition coefficient (Wildman–Crippen LogP) is 5.09. The Morgan fingerprint density at radius 1 is 0.810 bits per heavy atom. The minimum Gasteiger partial charge on any atom is -0.264 e. The first-order valence-corrected chi connectivity index (χ1v) is 7.37. The van der Waals surface area contributed by atoms with E-state index in [2.05, 4.69) is 66.5 Å². The minimum atomic E-state index is 0.499. The molecule has 0 amide bonds. The standard InChI is InChI=1S/C20H19N/c1-16(14-17-6-5-13-21-15-17)18-9-11-20(12-10-18)19-7-3-2-4-8-19/h2-13,15-16H,14H2,1H3.